The van der Waals surface area contributed by atoms with Gasteiger partial charge in [0.25, 0.3) is 5.56 Å². The lowest BCUT2D eigenvalue weighted by atomic mass is 10.0. The van der Waals surface area contributed by atoms with Crippen molar-refractivity contribution in [3.05, 3.63) is 64.2 Å². The molecule has 1 fully saturated rings. The average molecular weight is 474 g/mol. The van der Waals surface area contributed by atoms with Crippen LogP contribution in [0, 0.1) is 11.3 Å². The standard InChI is InChI=1S/C26H27N5O4/c1-18(32)29-9-11-30(12-10-29)21-6-8-24-23(14-21)26(34)31(17-28-24)16-22(33)7-5-20-4-3-19(15-27)13-25(20)35-2/h3-4,6,8,13-14,17H,5,7,9-12,16H2,1-2H3. The van der Waals surface area contributed by atoms with E-state index in [-0.39, 0.29) is 30.2 Å². The molecule has 1 aliphatic rings. The lowest BCUT2D eigenvalue weighted by Gasteiger charge is -2.35. The third kappa shape index (κ3) is 5.32. The Balaban J connectivity index is 1.46. The third-order valence-electron chi connectivity index (χ3n) is 6.33. The van der Waals surface area contributed by atoms with E-state index in [0.717, 1.165) is 11.3 Å². The van der Waals surface area contributed by atoms with Crippen molar-refractivity contribution in [3.63, 3.8) is 0 Å². The summed E-state index contributed by atoms with van der Waals surface area (Å²) in [7, 11) is 1.53. The largest absolute Gasteiger partial charge is 0.496 e. The van der Waals surface area contributed by atoms with Crippen LogP contribution in [0.3, 0.4) is 0 Å². The van der Waals surface area contributed by atoms with E-state index in [1.807, 2.05) is 23.1 Å². The minimum Gasteiger partial charge on any atom is -0.496 e. The number of rotatable bonds is 7. The van der Waals surface area contributed by atoms with Crippen molar-refractivity contribution < 1.29 is 14.3 Å². The smallest absolute Gasteiger partial charge is 0.261 e. The molecule has 1 aliphatic heterocycles. The van der Waals surface area contributed by atoms with E-state index >= 15 is 0 Å². The molecule has 9 nitrogen and oxygen atoms in total. The number of piperazine rings is 1. The zero-order chi connectivity index (χ0) is 24.9. The summed E-state index contributed by atoms with van der Waals surface area (Å²) in [5.41, 5.74) is 2.54. The summed E-state index contributed by atoms with van der Waals surface area (Å²) < 4.78 is 6.68. The molecule has 1 aromatic heterocycles. The van der Waals surface area contributed by atoms with Gasteiger partial charge >= 0.3 is 0 Å². The first-order valence-corrected chi connectivity index (χ1v) is 11.5. The number of nitrogens with zero attached hydrogens (tertiary/aromatic N) is 5. The highest BCUT2D eigenvalue weighted by atomic mass is 16.5. The van der Waals surface area contributed by atoms with E-state index in [2.05, 4.69) is 16.0 Å². The number of ether oxygens (including phenoxy) is 1. The highest BCUT2D eigenvalue weighted by Crippen LogP contribution is 2.22. The molecular weight excluding hydrogens is 446 g/mol. The molecule has 4 rings (SSSR count). The van der Waals surface area contributed by atoms with Crippen LogP contribution in [0.25, 0.3) is 10.9 Å². The van der Waals surface area contributed by atoms with Gasteiger partial charge in [-0.25, -0.2) is 4.98 Å². The molecule has 0 bridgehead atoms. The lowest BCUT2D eigenvalue weighted by molar-refractivity contribution is -0.129. The Bertz CT molecular complexity index is 1370. The van der Waals surface area contributed by atoms with Crippen LogP contribution < -0.4 is 15.2 Å². The summed E-state index contributed by atoms with van der Waals surface area (Å²) in [6.45, 7) is 4.17. The molecule has 0 spiro atoms. The fraction of sp³-hybridized carbons (Fsp3) is 0.346. The molecule has 0 unspecified atom stereocenters. The minimum absolute atomic E-state index is 0.0672. The molecule has 0 saturated carbocycles. The number of carbonyl (C=O) groups is 2. The summed E-state index contributed by atoms with van der Waals surface area (Å²) in [4.78, 5) is 45.7. The van der Waals surface area contributed by atoms with Crippen LogP contribution in [0.15, 0.2) is 47.5 Å². The van der Waals surface area contributed by atoms with Crippen LogP contribution in [-0.4, -0.2) is 59.4 Å². The van der Waals surface area contributed by atoms with E-state index in [4.69, 9.17) is 10.00 Å². The maximum Gasteiger partial charge on any atom is 0.261 e. The predicted molar refractivity (Wildman–Crippen MR) is 132 cm³/mol. The van der Waals surface area contributed by atoms with Crippen LogP contribution >= 0.6 is 0 Å². The van der Waals surface area contributed by atoms with Crippen LogP contribution in [-0.2, 0) is 22.6 Å². The predicted octanol–water partition coefficient (Wildman–Crippen LogP) is 2.15. The monoisotopic (exact) mass is 473 g/mol. The zero-order valence-corrected chi connectivity index (χ0v) is 19.9. The molecule has 35 heavy (non-hydrogen) atoms. The van der Waals surface area contributed by atoms with E-state index in [9.17, 15) is 14.4 Å². The van der Waals surface area contributed by atoms with Crippen molar-refractivity contribution in [1.82, 2.24) is 14.5 Å². The number of methoxy groups -OCH3 is 1. The van der Waals surface area contributed by atoms with Crippen LogP contribution in [0.1, 0.15) is 24.5 Å². The van der Waals surface area contributed by atoms with Gasteiger partial charge in [0, 0.05) is 45.2 Å². The van der Waals surface area contributed by atoms with Crippen molar-refractivity contribution >= 4 is 28.3 Å². The summed E-state index contributed by atoms with van der Waals surface area (Å²) >= 11 is 0. The number of amides is 1. The molecule has 3 aromatic rings. The van der Waals surface area contributed by atoms with Crippen LogP contribution in [0.2, 0.25) is 0 Å². The van der Waals surface area contributed by atoms with Crippen molar-refractivity contribution in [3.8, 4) is 11.8 Å². The van der Waals surface area contributed by atoms with Crippen LogP contribution in [0.5, 0.6) is 5.75 Å². The number of Topliss-reactive ketones (excluding diaryl/α,β-unsaturated/α-hetero) is 1. The molecule has 0 aliphatic carbocycles. The number of carbonyl (C=O) groups excluding carboxylic acids is 2. The number of ketones is 1. The molecule has 1 saturated heterocycles. The highest BCUT2D eigenvalue weighted by Gasteiger charge is 2.19. The molecule has 1 amide bonds. The highest BCUT2D eigenvalue weighted by molar-refractivity contribution is 5.83. The number of fused-ring (bicyclic) bond motifs is 1. The Morgan fingerprint density at radius 1 is 1.11 bits per heavy atom. The van der Waals surface area contributed by atoms with E-state index in [0.29, 0.717) is 54.8 Å². The van der Waals surface area contributed by atoms with E-state index in [1.165, 1.54) is 18.0 Å². The molecule has 2 aromatic carbocycles. The maximum absolute atomic E-state index is 13.1. The number of hydrogen-bond acceptors (Lipinski definition) is 7. The number of hydrogen-bond donors (Lipinski definition) is 0. The van der Waals surface area contributed by atoms with Gasteiger partial charge in [-0.3, -0.25) is 19.0 Å². The normalized spacial score (nSPS) is 13.5. The molecule has 9 heteroatoms. The van der Waals surface area contributed by atoms with E-state index in [1.54, 1.807) is 25.1 Å². The first-order valence-electron chi connectivity index (χ1n) is 11.5. The second-order valence-electron chi connectivity index (χ2n) is 8.55. The topological polar surface area (TPSA) is 109 Å². The summed E-state index contributed by atoms with van der Waals surface area (Å²) in [6.07, 6.45) is 2.09. The Morgan fingerprint density at radius 2 is 1.89 bits per heavy atom. The van der Waals surface area contributed by atoms with Gasteiger partial charge in [0.1, 0.15) is 5.75 Å². The maximum atomic E-state index is 13.1. The first kappa shape index (κ1) is 24.0. The molecule has 0 N–H and O–H groups in total. The molecule has 180 valence electrons. The van der Waals surface area contributed by atoms with Crippen molar-refractivity contribution in [1.29, 1.82) is 5.26 Å². The number of anilines is 1. The van der Waals surface area contributed by atoms with E-state index < -0.39 is 0 Å². The Labute approximate surface area is 203 Å². The third-order valence-corrected chi connectivity index (χ3v) is 6.33. The molecule has 2 heterocycles. The Morgan fingerprint density at radius 3 is 2.57 bits per heavy atom. The van der Waals surface area contributed by atoms with Crippen molar-refractivity contribution in [2.75, 3.05) is 38.2 Å². The van der Waals surface area contributed by atoms with Gasteiger partial charge < -0.3 is 14.5 Å². The summed E-state index contributed by atoms with van der Waals surface area (Å²) in [5.74, 6) is 0.534. The summed E-state index contributed by atoms with van der Waals surface area (Å²) in [5, 5.41) is 9.50. The average Bonchev–Trinajstić information content (AvgIpc) is 2.89. The van der Waals surface area contributed by atoms with Gasteiger partial charge in [0.2, 0.25) is 5.91 Å². The molecule has 0 radical (unpaired) electrons. The quantitative estimate of drug-likeness (QED) is 0.517. The number of aromatic nitrogens is 2. The summed E-state index contributed by atoms with van der Waals surface area (Å²) in [6, 6.07) is 12.7. The van der Waals surface area contributed by atoms with Gasteiger partial charge in [-0.1, -0.05) is 6.07 Å². The fourth-order valence-corrected chi connectivity index (χ4v) is 4.30. The Kier molecular flexibility index (Phi) is 7.11. The van der Waals surface area contributed by atoms with Gasteiger partial charge in [0.15, 0.2) is 5.78 Å². The number of benzene rings is 2. The van der Waals surface area contributed by atoms with Gasteiger partial charge in [-0.15, -0.1) is 0 Å². The van der Waals surface area contributed by atoms with Crippen molar-refractivity contribution in [2.24, 2.45) is 0 Å². The fourth-order valence-electron chi connectivity index (χ4n) is 4.30. The zero-order valence-electron chi connectivity index (χ0n) is 19.9. The van der Waals surface area contributed by atoms with Gasteiger partial charge in [-0.2, -0.15) is 5.26 Å². The number of nitriles is 1. The minimum atomic E-state index is -0.261. The van der Waals surface area contributed by atoms with Gasteiger partial charge in [0.05, 0.1) is 42.5 Å². The SMILES string of the molecule is COc1cc(C#N)ccc1CCC(=O)Cn1cnc2ccc(N3CCN(C(C)=O)CC3)cc2c1=O. The van der Waals surface area contributed by atoms with Gasteiger partial charge in [-0.05, 0) is 42.3 Å². The first-order chi connectivity index (χ1) is 16.9. The number of aryl methyl sites for hydroxylation is 1. The van der Waals surface area contributed by atoms with Crippen molar-refractivity contribution in [2.45, 2.75) is 26.3 Å². The lowest BCUT2D eigenvalue weighted by Crippen LogP contribution is -2.48. The van der Waals surface area contributed by atoms with Crippen LogP contribution in [0.4, 0.5) is 5.69 Å². The second-order valence-corrected chi connectivity index (χ2v) is 8.55. The Hall–Kier alpha value is -4.19. The molecular formula is C26H27N5O4. The molecule has 0 atom stereocenters. The second kappa shape index (κ2) is 10.4.